The molecule has 0 nitrogen and oxygen atoms in total. The zero-order valence-electron chi connectivity index (χ0n) is 3.59. The predicted molar refractivity (Wildman–Crippen MR) is 21.4 cm³/mol. The molecule has 0 radical (unpaired) electrons. The van der Waals surface area contributed by atoms with Gasteiger partial charge in [-0.25, -0.2) is 13.2 Å². The highest BCUT2D eigenvalue weighted by atomic mass is 35.5. The average Bonchev–Trinajstić information content (AvgIpc) is 1.31. The molecular weight excluding hydrogens is 128 g/mol. The maximum Gasteiger partial charge on any atom is 0.285 e. The molecule has 1 unspecified atom stereocenters. The molecule has 0 aromatic carbocycles. The van der Waals surface area contributed by atoms with Gasteiger partial charge in [0.25, 0.3) is 6.43 Å². The summed E-state index contributed by atoms with van der Waals surface area (Å²) in [6.07, 6.45) is -3.10. The van der Waals surface area contributed by atoms with Crippen LogP contribution in [0, 0.1) is 0 Å². The molecule has 1 atom stereocenters. The van der Waals surface area contributed by atoms with E-state index < -0.39 is 11.6 Å². The number of hydrogen-bond donors (Lipinski definition) is 0. The van der Waals surface area contributed by atoms with Gasteiger partial charge >= 0.3 is 0 Å². The first-order chi connectivity index (χ1) is 2.94. The van der Waals surface area contributed by atoms with Gasteiger partial charge in [-0.2, -0.15) is 0 Å². The Hall–Kier alpha value is 0.0800. The Bertz CT molecular complexity index is 55.7. The molecule has 0 aromatic rings. The van der Waals surface area contributed by atoms with Crippen LogP contribution in [0.2, 0.25) is 0 Å². The maximum atomic E-state index is 11.5. The second-order valence-electron chi connectivity index (χ2n) is 1.26. The van der Waals surface area contributed by atoms with E-state index in [0.717, 1.165) is 0 Å². The number of rotatable bonds is 1. The lowest BCUT2D eigenvalue weighted by molar-refractivity contribution is 0.0334. The Morgan fingerprint density at radius 2 is 1.71 bits per heavy atom. The van der Waals surface area contributed by atoms with Gasteiger partial charge in [0.05, 0.1) is 0 Å². The van der Waals surface area contributed by atoms with E-state index in [1.807, 2.05) is 0 Å². The molecule has 0 aliphatic heterocycles. The second kappa shape index (κ2) is 1.90. The van der Waals surface area contributed by atoms with Crippen molar-refractivity contribution in [3.8, 4) is 0 Å². The first kappa shape index (κ1) is 7.08. The summed E-state index contributed by atoms with van der Waals surface area (Å²) in [5, 5.41) is -2.86. The SMILES string of the molecule is CC(F)(Cl)C(F)F. The molecule has 0 N–H and O–H groups in total. The Morgan fingerprint density at radius 1 is 1.57 bits per heavy atom. The normalized spacial score (nSPS) is 19.7. The summed E-state index contributed by atoms with van der Waals surface area (Å²) in [4.78, 5) is 0. The topological polar surface area (TPSA) is 0 Å². The molecule has 0 amide bonds. The summed E-state index contributed by atoms with van der Waals surface area (Å²) in [7, 11) is 0. The molecule has 0 saturated heterocycles. The minimum absolute atomic E-state index is 0.610. The highest BCUT2D eigenvalue weighted by Crippen LogP contribution is 2.23. The van der Waals surface area contributed by atoms with E-state index in [1.54, 1.807) is 0 Å². The van der Waals surface area contributed by atoms with Crippen molar-refractivity contribution in [2.75, 3.05) is 0 Å². The smallest absolute Gasteiger partial charge is 0.220 e. The highest BCUT2D eigenvalue weighted by Gasteiger charge is 2.31. The lowest BCUT2D eigenvalue weighted by atomic mass is 10.5. The standard InChI is InChI=1S/C3H4ClF3/c1-3(4,7)2(5)6/h2H,1H3. The molecule has 44 valence electrons. The van der Waals surface area contributed by atoms with Gasteiger partial charge in [0.15, 0.2) is 0 Å². The minimum atomic E-state index is -3.10. The van der Waals surface area contributed by atoms with Gasteiger partial charge in [-0.1, -0.05) is 11.6 Å². The zero-order chi connectivity index (χ0) is 6.08. The number of halogens is 4. The summed E-state index contributed by atoms with van der Waals surface area (Å²) < 4.78 is 33.6. The number of alkyl halides is 4. The summed E-state index contributed by atoms with van der Waals surface area (Å²) in [6, 6.07) is 0. The van der Waals surface area contributed by atoms with E-state index >= 15 is 0 Å². The minimum Gasteiger partial charge on any atom is -0.220 e. The van der Waals surface area contributed by atoms with Crippen molar-refractivity contribution in [2.45, 2.75) is 18.5 Å². The van der Waals surface area contributed by atoms with E-state index in [0.29, 0.717) is 6.92 Å². The first-order valence-corrected chi connectivity index (χ1v) is 1.98. The Labute approximate surface area is 44.3 Å². The molecule has 0 spiro atoms. The monoisotopic (exact) mass is 132 g/mol. The van der Waals surface area contributed by atoms with Gasteiger partial charge in [0, 0.05) is 0 Å². The molecule has 0 rings (SSSR count). The Balaban J connectivity index is 3.54. The molecule has 0 bridgehead atoms. The van der Waals surface area contributed by atoms with Gasteiger partial charge in [0.2, 0.25) is 5.13 Å². The van der Waals surface area contributed by atoms with Gasteiger partial charge in [-0.3, -0.25) is 0 Å². The fraction of sp³-hybridized carbons (Fsp3) is 1.00. The van der Waals surface area contributed by atoms with Gasteiger partial charge in [-0.05, 0) is 6.92 Å². The Kier molecular flexibility index (Phi) is 1.92. The van der Waals surface area contributed by atoms with E-state index in [-0.39, 0.29) is 0 Å². The van der Waals surface area contributed by atoms with Gasteiger partial charge in [-0.15, -0.1) is 0 Å². The lowest BCUT2D eigenvalue weighted by Gasteiger charge is -2.07. The van der Waals surface area contributed by atoms with Crippen molar-refractivity contribution >= 4 is 11.6 Å². The van der Waals surface area contributed by atoms with Crippen LogP contribution >= 0.6 is 11.6 Å². The Morgan fingerprint density at radius 3 is 1.71 bits per heavy atom. The molecule has 4 heteroatoms. The van der Waals surface area contributed by atoms with Gasteiger partial charge in [0.1, 0.15) is 0 Å². The molecule has 0 aliphatic carbocycles. The third-order valence-corrected chi connectivity index (χ3v) is 0.548. The van der Waals surface area contributed by atoms with Crippen molar-refractivity contribution in [2.24, 2.45) is 0 Å². The molecular formula is C3H4ClF3. The molecule has 0 aromatic heterocycles. The fourth-order valence-corrected chi connectivity index (χ4v) is 0. The van der Waals surface area contributed by atoms with Crippen LogP contribution in [0.1, 0.15) is 6.92 Å². The summed E-state index contributed by atoms with van der Waals surface area (Å²) in [5.41, 5.74) is 0. The zero-order valence-corrected chi connectivity index (χ0v) is 4.35. The van der Waals surface area contributed by atoms with Crippen molar-refractivity contribution < 1.29 is 13.2 Å². The average molecular weight is 133 g/mol. The van der Waals surface area contributed by atoms with E-state index in [9.17, 15) is 13.2 Å². The van der Waals surface area contributed by atoms with Crippen LogP contribution < -0.4 is 0 Å². The van der Waals surface area contributed by atoms with Crippen LogP contribution in [0.4, 0.5) is 13.2 Å². The van der Waals surface area contributed by atoms with Crippen LogP contribution in [-0.2, 0) is 0 Å². The fourth-order valence-electron chi connectivity index (χ4n) is 0. The summed E-state index contributed by atoms with van der Waals surface area (Å²) in [5.74, 6) is 0. The maximum absolute atomic E-state index is 11.5. The van der Waals surface area contributed by atoms with Crippen molar-refractivity contribution in [3.05, 3.63) is 0 Å². The molecule has 7 heavy (non-hydrogen) atoms. The van der Waals surface area contributed by atoms with Crippen LogP contribution in [0.5, 0.6) is 0 Å². The largest absolute Gasteiger partial charge is 0.285 e. The van der Waals surface area contributed by atoms with Crippen molar-refractivity contribution in [3.63, 3.8) is 0 Å². The third-order valence-electron chi connectivity index (χ3n) is 0.383. The van der Waals surface area contributed by atoms with Crippen molar-refractivity contribution in [1.82, 2.24) is 0 Å². The summed E-state index contributed by atoms with van der Waals surface area (Å²) >= 11 is 4.45. The quantitative estimate of drug-likeness (QED) is 0.480. The van der Waals surface area contributed by atoms with E-state index in [4.69, 9.17) is 0 Å². The van der Waals surface area contributed by atoms with Crippen LogP contribution in [0.25, 0.3) is 0 Å². The van der Waals surface area contributed by atoms with Gasteiger partial charge < -0.3 is 0 Å². The molecule has 0 aliphatic rings. The molecule has 0 fully saturated rings. The predicted octanol–water partition coefficient (Wildman–Crippen LogP) is 2.18. The summed E-state index contributed by atoms with van der Waals surface area (Å²) in [6.45, 7) is 0.610. The third kappa shape index (κ3) is 2.74. The van der Waals surface area contributed by atoms with E-state index in [2.05, 4.69) is 11.6 Å². The number of hydrogen-bond acceptors (Lipinski definition) is 0. The lowest BCUT2D eigenvalue weighted by Crippen LogP contribution is -2.19. The second-order valence-corrected chi connectivity index (χ2v) is 2.00. The highest BCUT2D eigenvalue weighted by molar-refractivity contribution is 6.22. The van der Waals surface area contributed by atoms with Crippen molar-refractivity contribution in [1.29, 1.82) is 0 Å². The van der Waals surface area contributed by atoms with E-state index in [1.165, 1.54) is 0 Å². The molecule has 0 saturated carbocycles. The van der Waals surface area contributed by atoms with Crippen LogP contribution in [0.15, 0.2) is 0 Å². The van der Waals surface area contributed by atoms with Crippen LogP contribution in [0.3, 0.4) is 0 Å². The molecule has 0 heterocycles. The first-order valence-electron chi connectivity index (χ1n) is 1.60. The van der Waals surface area contributed by atoms with Crippen LogP contribution in [-0.4, -0.2) is 11.6 Å².